The van der Waals surface area contributed by atoms with Gasteiger partial charge in [-0.1, -0.05) is 48.5 Å². The molecule has 0 saturated carbocycles. The zero-order valence-corrected chi connectivity index (χ0v) is 8.96. The van der Waals surface area contributed by atoms with E-state index >= 15 is 0 Å². The predicted octanol–water partition coefficient (Wildman–Crippen LogP) is 4.08. The van der Waals surface area contributed by atoms with Crippen LogP contribution in [-0.4, -0.2) is 0 Å². The summed E-state index contributed by atoms with van der Waals surface area (Å²) in [5, 5.41) is 4.78. The Morgan fingerprint density at radius 2 is 1.33 bits per heavy atom. The smallest absolute Gasteiger partial charge is 0.0204 e. The molecule has 1 radical (unpaired) electrons. The molecule has 3 rings (SSSR count). The maximum Gasteiger partial charge on any atom is 0.0204 e. The fourth-order valence-electron chi connectivity index (χ4n) is 1.95. The molecule has 0 N–H and O–H groups in total. The summed E-state index contributed by atoms with van der Waals surface area (Å²) in [5.41, 5.74) is 0. The van der Waals surface area contributed by atoms with Crippen LogP contribution in [0.25, 0.3) is 21.5 Å². The molecule has 0 amide bonds. The van der Waals surface area contributed by atoms with E-state index in [1.54, 1.807) is 0 Å². The van der Waals surface area contributed by atoms with Gasteiger partial charge in [-0.05, 0) is 21.5 Å². The minimum Gasteiger partial charge on any atom is -0.142 e. The zero-order valence-electron chi connectivity index (χ0n) is 8.07. The molecule has 0 aliphatic rings. The van der Waals surface area contributed by atoms with Crippen molar-refractivity contribution in [2.45, 2.75) is 4.90 Å². The van der Waals surface area contributed by atoms with E-state index in [1.807, 2.05) is 12.1 Å². The van der Waals surface area contributed by atoms with E-state index in [4.69, 9.17) is 0 Å². The first-order valence-electron chi connectivity index (χ1n) is 4.88. The number of rotatable bonds is 0. The van der Waals surface area contributed by atoms with Crippen molar-refractivity contribution in [3.63, 3.8) is 0 Å². The van der Waals surface area contributed by atoms with Crippen molar-refractivity contribution in [2.75, 3.05) is 0 Å². The topological polar surface area (TPSA) is 0 Å². The Kier molecular flexibility index (Phi) is 1.93. The van der Waals surface area contributed by atoms with Crippen LogP contribution in [0.2, 0.25) is 0 Å². The number of hydrogen-bond acceptors (Lipinski definition) is 1. The Labute approximate surface area is 93.9 Å². The molecule has 0 fully saturated rings. The maximum atomic E-state index is 4.47. The van der Waals surface area contributed by atoms with E-state index in [0.29, 0.717) is 0 Å². The Hall–Kier alpha value is -1.47. The largest absolute Gasteiger partial charge is 0.142 e. The maximum absolute atomic E-state index is 4.47. The molecule has 3 aromatic rings. The van der Waals surface area contributed by atoms with Crippen molar-refractivity contribution in [2.24, 2.45) is 0 Å². The van der Waals surface area contributed by atoms with Gasteiger partial charge in [-0.3, -0.25) is 0 Å². The van der Waals surface area contributed by atoms with Crippen LogP contribution in [0, 0.1) is 6.07 Å². The lowest BCUT2D eigenvalue weighted by Gasteiger charge is -2.05. The van der Waals surface area contributed by atoms with Crippen LogP contribution >= 0.6 is 12.6 Å². The van der Waals surface area contributed by atoms with E-state index in [-0.39, 0.29) is 0 Å². The third-order valence-electron chi connectivity index (χ3n) is 2.65. The Bertz CT molecular complexity index is 641. The second-order valence-corrected chi connectivity index (χ2v) is 4.01. The third-order valence-corrected chi connectivity index (χ3v) is 3.01. The summed E-state index contributed by atoms with van der Waals surface area (Å²) >= 11 is 4.47. The molecule has 3 aromatic carbocycles. The lowest BCUT2D eigenvalue weighted by atomic mass is 10.0. The number of thiol groups is 1. The first-order valence-corrected chi connectivity index (χ1v) is 5.33. The monoisotopic (exact) mass is 209 g/mol. The Balaban J connectivity index is 2.64. The van der Waals surface area contributed by atoms with Crippen molar-refractivity contribution < 1.29 is 0 Å². The van der Waals surface area contributed by atoms with Gasteiger partial charge in [-0.2, -0.15) is 0 Å². The van der Waals surface area contributed by atoms with Crippen LogP contribution in [0.4, 0.5) is 0 Å². The Morgan fingerprint density at radius 1 is 0.733 bits per heavy atom. The zero-order chi connectivity index (χ0) is 10.3. The summed E-state index contributed by atoms with van der Waals surface area (Å²) in [6.45, 7) is 0. The van der Waals surface area contributed by atoms with Gasteiger partial charge in [0.2, 0.25) is 0 Å². The van der Waals surface area contributed by atoms with Crippen LogP contribution in [0.3, 0.4) is 0 Å². The first-order chi connectivity index (χ1) is 7.36. The standard InChI is InChI=1S/C14H9S/c15-14-9-10-5-1-2-6-11(10)12-7-3-4-8-13(12)14/h1-8,15H. The van der Waals surface area contributed by atoms with Crippen LogP contribution in [0.1, 0.15) is 0 Å². The van der Waals surface area contributed by atoms with Gasteiger partial charge in [0.15, 0.2) is 0 Å². The van der Waals surface area contributed by atoms with E-state index < -0.39 is 0 Å². The second-order valence-electron chi connectivity index (χ2n) is 3.56. The van der Waals surface area contributed by atoms with Gasteiger partial charge in [0.1, 0.15) is 0 Å². The number of benzene rings is 3. The highest BCUT2D eigenvalue weighted by Crippen LogP contribution is 2.29. The molecule has 0 nitrogen and oxygen atoms in total. The van der Waals surface area contributed by atoms with Gasteiger partial charge < -0.3 is 0 Å². The fourth-order valence-corrected chi connectivity index (χ4v) is 2.26. The fraction of sp³-hybridized carbons (Fsp3) is 0. The lowest BCUT2D eigenvalue weighted by molar-refractivity contribution is 1.58. The van der Waals surface area contributed by atoms with E-state index in [1.165, 1.54) is 16.2 Å². The normalized spacial score (nSPS) is 11.0. The average Bonchev–Trinajstić information content (AvgIpc) is 2.30. The SMILES string of the molecule is Sc1[c]c2ccccc2c2ccccc12. The van der Waals surface area contributed by atoms with Crippen molar-refractivity contribution in [3.8, 4) is 0 Å². The third kappa shape index (κ3) is 1.31. The summed E-state index contributed by atoms with van der Waals surface area (Å²) in [5.74, 6) is 0. The summed E-state index contributed by atoms with van der Waals surface area (Å²) in [4.78, 5) is 0.921. The van der Waals surface area contributed by atoms with Gasteiger partial charge in [-0.25, -0.2) is 0 Å². The van der Waals surface area contributed by atoms with E-state index in [2.05, 4.69) is 55.1 Å². The molecule has 0 unspecified atom stereocenters. The molecule has 71 valence electrons. The first kappa shape index (κ1) is 8.81. The summed E-state index contributed by atoms with van der Waals surface area (Å²) in [6, 6.07) is 19.9. The molecular weight excluding hydrogens is 200 g/mol. The van der Waals surface area contributed by atoms with Gasteiger partial charge in [0, 0.05) is 11.0 Å². The van der Waals surface area contributed by atoms with Gasteiger partial charge in [0.25, 0.3) is 0 Å². The molecule has 1 heteroatoms. The molecule has 0 aromatic heterocycles. The second kappa shape index (κ2) is 3.28. The number of fused-ring (bicyclic) bond motifs is 3. The van der Waals surface area contributed by atoms with Gasteiger partial charge in [0.05, 0.1) is 0 Å². The minimum absolute atomic E-state index is 0.921. The highest BCUT2D eigenvalue weighted by atomic mass is 32.1. The van der Waals surface area contributed by atoms with Gasteiger partial charge in [-0.15, -0.1) is 12.6 Å². The van der Waals surface area contributed by atoms with Crippen molar-refractivity contribution in [1.29, 1.82) is 0 Å². The molecule has 0 saturated heterocycles. The van der Waals surface area contributed by atoms with Crippen LogP contribution in [0.5, 0.6) is 0 Å². The summed E-state index contributed by atoms with van der Waals surface area (Å²) in [7, 11) is 0. The lowest BCUT2D eigenvalue weighted by Crippen LogP contribution is -1.79. The van der Waals surface area contributed by atoms with E-state index in [0.717, 1.165) is 10.3 Å². The average molecular weight is 209 g/mol. The highest BCUT2D eigenvalue weighted by Gasteiger charge is 2.02. The molecule has 0 atom stereocenters. The summed E-state index contributed by atoms with van der Waals surface area (Å²) in [6.07, 6.45) is 0. The molecular formula is C14H9S. The predicted molar refractivity (Wildman–Crippen MR) is 67.5 cm³/mol. The van der Waals surface area contributed by atoms with Crippen molar-refractivity contribution in [3.05, 3.63) is 54.6 Å². The highest BCUT2D eigenvalue weighted by molar-refractivity contribution is 7.80. The summed E-state index contributed by atoms with van der Waals surface area (Å²) < 4.78 is 0. The molecule has 15 heavy (non-hydrogen) atoms. The molecule has 0 bridgehead atoms. The van der Waals surface area contributed by atoms with E-state index in [9.17, 15) is 0 Å². The number of hydrogen-bond donors (Lipinski definition) is 1. The quantitative estimate of drug-likeness (QED) is 0.418. The van der Waals surface area contributed by atoms with Crippen LogP contribution < -0.4 is 0 Å². The Morgan fingerprint density at radius 3 is 2.13 bits per heavy atom. The van der Waals surface area contributed by atoms with Crippen LogP contribution in [-0.2, 0) is 0 Å². The minimum atomic E-state index is 0.921. The van der Waals surface area contributed by atoms with Crippen molar-refractivity contribution in [1.82, 2.24) is 0 Å². The molecule has 0 heterocycles. The van der Waals surface area contributed by atoms with Gasteiger partial charge >= 0.3 is 0 Å². The molecule has 0 aliphatic heterocycles. The van der Waals surface area contributed by atoms with Crippen LogP contribution in [0.15, 0.2) is 53.4 Å². The van der Waals surface area contributed by atoms with Crippen molar-refractivity contribution >= 4 is 34.2 Å². The molecule has 0 spiro atoms. The molecule has 0 aliphatic carbocycles.